The molecule has 1 aliphatic rings. The van der Waals surface area contributed by atoms with Gasteiger partial charge in [-0.15, -0.1) is 0 Å². The van der Waals surface area contributed by atoms with Crippen LogP contribution in [0.3, 0.4) is 0 Å². The van der Waals surface area contributed by atoms with Crippen LogP contribution < -0.4 is 22.1 Å². The van der Waals surface area contributed by atoms with Gasteiger partial charge in [0.05, 0.1) is 22.7 Å². The Labute approximate surface area is 208 Å². The highest BCUT2D eigenvalue weighted by Crippen LogP contribution is 2.31. The van der Waals surface area contributed by atoms with Crippen molar-refractivity contribution in [1.82, 2.24) is 9.97 Å². The number of hydrogen-bond acceptors (Lipinski definition) is 8. The van der Waals surface area contributed by atoms with Crippen LogP contribution in [0.1, 0.15) is 11.1 Å². The standard InChI is InChI=1S/C28H24N8/c29-23-1-3-25-27(13-23)35-17-22(20-7-11-32-12-8-20)16-34-26-4-2-24(30)14-28(26)36-18-21(15-33-25)19-5-9-31-10-6-19/h1-18,35-36H,29-30H2/b21-18+,22-17+,33-15?,34-16?. The lowest BCUT2D eigenvalue weighted by atomic mass is 10.1. The van der Waals surface area contributed by atoms with Gasteiger partial charge in [-0.1, -0.05) is 0 Å². The number of nitrogens with one attached hydrogen (secondary N) is 2. The quantitative estimate of drug-likeness (QED) is 0.279. The number of hydrogen-bond donors (Lipinski definition) is 4. The zero-order valence-electron chi connectivity index (χ0n) is 19.3. The van der Waals surface area contributed by atoms with Crippen molar-refractivity contribution < 1.29 is 0 Å². The van der Waals surface area contributed by atoms with Crippen molar-refractivity contribution in [2.75, 3.05) is 22.1 Å². The van der Waals surface area contributed by atoms with Crippen LogP contribution >= 0.6 is 0 Å². The van der Waals surface area contributed by atoms with Gasteiger partial charge in [-0.25, -0.2) is 0 Å². The number of aliphatic imine (C=N–C) groups is 2. The topological polar surface area (TPSA) is 127 Å². The summed E-state index contributed by atoms with van der Waals surface area (Å²) in [4.78, 5) is 17.8. The van der Waals surface area contributed by atoms with Crippen molar-refractivity contribution >= 4 is 57.7 Å². The summed E-state index contributed by atoms with van der Waals surface area (Å²) in [6.07, 6.45) is 14.3. The fraction of sp³-hybridized carbons (Fsp3) is 0. The molecule has 0 bridgehead atoms. The number of nitrogen functional groups attached to an aromatic ring is 2. The van der Waals surface area contributed by atoms with E-state index in [0.717, 1.165) is 45.0 Å². The number of pyridine rings is 2. The first-order valence-corrected chi connectivity index (χ1v) is 11.3. The minimum absolute atomic E-state index is 0.628. The summed E-state index contributed by atoms with van der Waals surface area (Å²) in [5.74, 6) is 0. The fourth-order valence-electron chi connectivity index (χ4n) is 3.63. The lowest BCUT2D eigenvalue weighted by Gasteiger charge is -2.12. The SMILES string of the molecule is Nc1ccc2c(c1)N/C=C(/c1ccncc1)C=Nc1ccc(N)cc1N/C=C(/c1ccncc1)C=N2. The minimum atomic E-state index is 0.628. The number of anilines is 4. The van der Waals surface area contributed by atoms with E-state index in [9.17, 15) is 0 Å². The number of aromatic nitrogens is 2. The van der Waals surface area contributed by atoms with Gasteiger partial charge in [0.2, 0.25) is 0 Å². The normalized spacial score (nSPS) is 16.1. The Balaban J connectivity index is 1.67. The number of allylic oxidation sites excluding steroid dienone is 2. The molecule has 1 aliphatic heterocycles. The van der Waals surface area contributed by atoms with Gasteiger partial charge < -0.3 is 22.1 Å². The first-order chi connectivity index (χ1) is 17.7. The third-order valence-electron chi connectivity index (χ3n) is 5.52. The monoisotopic (exact) mass is 472 g/mol. The summed E-state index contributed by atoms with van der Waals surface area (Å²) >= 11 is 0. The van der Waals surface area contributed by atoms with Crippen molar-refractivity contribution in [3.63, 3.8) is 0 Å². The second-order valence-electron chi connectivity index (χ2n) is 8.03. The van der Waals surface area contributed by atoms with E-state index in [1.807, 2.05) is 73.1 Å². The summed E-state index contributed by atoms with van der Waals surface area (Å²) in [6.45, 7) is 0. The van der Waals surface area contributed by atoms with Crippen LogP contribution in [0.4, 0.5) is 34.1 Å². The highest BCUT2D eigenvalue weighted by Gasteiger charge is 2.07. The van der Waals surface area contributed by atoms with E-state index in [4.69, 9.17) is 21.5 Å². The second kappa shape index (κ2) is 10.4. The highest BCUT2D eigenvalue weighted by molar-refractivity contribution is 6.13. The van der Waals surface area contributed by atoms with Crippen molar-refractivity contribution in [2.24, 2.45) is 9.98 Å². The largest absolute Gasteiger partial charge is 0.399 e. The van der Waals surface area contributed by atoms with Gasteiger partial charge in [0.25, 0.3) is 0 Å². The van der Waals surface area contributed by atoms with Crippen LogP contribution in [0.15, 0.2) is 108 Å². The van der Waals surface area contributed by atoms with Crippen LogP contribution in [0.2, 0.25) is 0 Å². The Kier molecular flexibility index (Phi) is 6.48. The minimum Gasteiger partial charge on any atom is -0.399 e. The first kappa shape index (κ1) is 22.5. The van der Waals surface area contributed by atoms with Crippen molar-refractivity contribution in [1.29, 1.82) is 0 Å². The summed E-state index contributed by atoms with van der Waals surface area (Å²) in [6, 6.07) is 18.8. The zero-order chi connectivity index (χ0) is 24.7. The summed E-state index contributed by atoms with van der Waals surface area (Å²) < 4.78 is 0. The molecule has 3 heterocycles. The Morgan fingerprint density at radius 1 is 0.528 bits per heavy atom. The van der Waals surface area contributed by atoms with E-state index in [0.29, 0.717) is 11.4 Å². The molecule has 5 rings (SSSR count). The average Bonchev–Trinajstić information content (AvgIpc) is 2.91. The molecule has 0 atom stereocenters. The molecule has 0 aliphatic carbocycles. The third kappa shape index (κ3) is 5.28. The summed E-state index contributed by atoms with van der Waals surface area (Å²) in [5, 5.41) is 6.72. The summed E-state index contributed by atoms with van der Waals surface area (Å²) in [5.41, 5.74) is 20.0. The molecule has 2 aromatic heterocycles. The highest BCUT2D eigenvalue weighted by atomic mass is 14.9. The molecule has 0 fully saturated rings. The molecule has 6 N–H and O–H groups in total. The molecule has 0 unspecified atom stereocenters. The van der Waals surface area contributed by atoms with Crippen molar-refractivity contribution in [3.05, 3.63) is 109 Å². The second-order valence-corrected chi connectivity index (χ2v) is 8.03. The van der Waals surface area contributed by atoms with Crippen molar-refractivity contribution in [2.45, 2.75) is 0 Å². The van der Waals surface area contributed by atoms with E-state index in [1.54, 1.807) is 37.2 Å². The smallest absolute Gasteiger partial charge is 0.0866 e. The molecule has 0 radical (unpaired) electrons. The number of fused-ring (bicyclic) bond motifs is 2. The number of nitrogens with two attached hydrogens (primary N) is 2. The Bertz CT molecular complexity index is 1370. The van der Waals surface area contributed by atoms with Crippen LogP contribution in [0, 0.1) is 0 Å². The van der Waals surface area contributed by atoms with E-state index in [2.05, 4.69) is 20.6 Å². The van der Waals surface area contributed by atoms with Crippen molar-refractivity contribution in [3.8, 4) is 0 Å². The van der Waals surface area contributed by atoms with Crippen LogP contribution in [0.5, 0.6) is 0 Å². The maximum absolute atomic E-state index is 6.09. The predicted molar refractivity (Wildman–Crippen MR) is 150 cm³/mol. The molecule has 0 saturated carbocycles. The van der Waals surface area contributed by atoms with E-state index in [1.165, 1.54) is 0 Å². The van der Waals surface area contributed by atoms with Gasteiger partial charge >= 0.3 is 0 Å². The molecule has 0 amide bonds. The zero-order valence-corrected chi connectivity index (χ0v) is 19.3. The lowest BCUT2D eigenvalue weighted by Crippen LogP contribution is -1.98. The molecule has 36 heavy (non-hydrogen) atoms. The molecular formula is C28H24N8. The molecular weight excluding hydrogens is 448 g/mol. The fourth-order valence-corrected chi connectivity index (χ4v) is 3.63. The van der Waals surface area contributed by atoms with Gasteiger partial charge in [0, 0.05) is 72.1 Å². The number of nitrogens with zero attached hydrogens (tertiary/aromatic N) is 4. The van der Waals surface area contributed by atoms with Gasteiger partial charge in [-0.3, -0.25) is 20.0 Å². The Morgan fingerprint density at radius 3 is 1.36 bits per heavy atom. The molecule has 2 aromatic carbocycles. The molecule has 8 nitrogen and oxygen atoms in total. The third-order valence-corrected chi connectivity index (χ3v) is 5.52. The molecule has 0 saturated heterocycles. The van der Waals surface area contributed by atoms with Crippen LogP contribution in [-0.4, -0.2) is 22.4 Å². The maximum Gasteiger partial charge on any atom is 0.0866 e. The van der Waals surface area contributed by atoms with Gasteiger partial charge in [0.15, 0.2) is 0 Å². The van der Waals surface area contributed by atoms with Crippen LogP contribution in [0.25, 0.3) is 11.1 Å². The number of rotatable bonds is 2. The average molecular weight is 473 g/mol. The molecule has 8 heteroatoms. The van der Waals surface area contributed by atoms with Crippen LogP contribution in [-0.2, 0) is 0 Å². The van der Waals surface area contributed by atoms with E-state index >= 15 is 0 Å². The summed E-state index contributed by atoms with van der Waals surface area (Å²) in [7, 11) is 0. The molecule has 176 valence electrons. The lowest BCUT2D eigenvalue weighted by molar-refractivity contribution is 1.32. The van der Waals surface area contributed by atoms with E-state index < -0.39 is 0 Å². The van der Waals surface area contributed by atoms with E-state index in [-0.39, 0.29) is 0 Å². The molecule has 0 spiro atoms. The number of benzene rings is 2. The Hall–Kier alpha value is -5.24. The maximum atomic E-state index is 6.09. The molecule has 4 aromatic rings. The van der Waals surface area contributed by atoms with Gasteiger partial charge in [-0.05, 0) is 71.8 Å². The first-order valence-electron chi connectivity index (χ1n) is 11.3. The van der Waals surface area contributed by atoms with Gasteiger partial charge in [0.1, 0.15) is 0 Å². The predicted octanol–water partition coefficient (Wildman–Crippen LogP) is 5.67. The van der Waals surface area contributed by atoms with Gasteiger partial charge in [-0.2, -0.15) is 0 Å². The Morgan fingerprint density at radius 2 is 0.944 bits per heavy atom.